The topological polar surface area (TPSA) is 0 Å². The van der Waals surface area contributed by atoms with E-state index in [4.69, 9.17) is 0 Å². The average Bonchev–Trinajstić information content (AvgIpc) is 2.15. The third-order valence-corrected chi connectivity index (χ3v) is 2.39. The summed E-state index contributed by atoms with van der Waals surface area (Å²) in [5.41, 5.74) is 0. The molecule has 0 heterocycles. The van der Waals surface area contributed by atoms with Crippen LogP contribution in [0.25, 0.3) is 0 Å². The van der Waals surface area contributed by atoms with Crippen molar-refractivity contribution in [3.8, 4) is 0 Å². The van der Waals surface area contributed by atoms with Crippen molar-refractivity contribution in [2.24, 2.45) is 11.8 Å². The first-order chi connectivity index (χ1) is 7.50. The van der Waals surface area contributed by atoms with E-state index in [1.807, 2.05) is 0 Å². The van der Waals surface area contributed by atoms with Gasteiger partial charge in [0.25, 0.3) is 0 Å². The molecule has 0 aliphatic rings. The van der Waals surface area contributed by atoms with Gasteiger partial charge < -0.3 is 0 Å². The molecular weight excluding hydrogens is 192 g/mol. The molecule has 0 aliphatic carbocycles. The zero-order valence-electron chi connectivity index (χ0n) is 12.8. The molecule has 0 aromatic rings. The smallest absolute Gasteiger partial charge is 0.0471 e. The van der Waals surface area contributed by atoms with E-state index >= 15 is 0 Å². The van der Waals surface area contributed by atoms with Gasteiger partial charge in [0, 0.05) is 0 Å². The van der Waals surface area contributed by atoms with Gasteiger partial charge in [0.15, 0.2) is 0 Å². The third-order valence-electron chi connectivity index (χ3n) is 2.39. The zero-order valence-corrected chi connectivity index (χ0v) is 12.8. The first-order valence-corrected chi connectivity index (χ1v) is 7.50. The van der Waals surface area contributed by atoms with E-state index in [2.05, 4.69) is 41.5 Å². The lowest BCUT2D eigenvalue weighted by molar-refractivity contribution is 0.511. The maximum atomic E-state index is 2.32. The van der Waals surface area contributed by atoms with Crippen molar-refractivity contribution < 1.29 is 0 Å². The molecule has 0 fully saturated rings. The number of unbranched alkanes of at least 4 members (excludes halogenated alkanes) is 6. The molecule has 0 aromatic carbocycles. The van der Waals surface area contributed by atoms with Crippen molar-refractivity contribution in [2.75, 3.05) is 0 Å². The second-order valence-corrected chi connectivity index (χ2v) is 6.04. The van der Waals surface area contributed by atoms with Crippen molar-refractivity contribution in [1.29, 1.82) is 0 Å². The highest BCUT2D eigenvalue weighted by Crippen LogP contribution is 2.11. The van der Waals surface area contributed by atoms with Crippen molar-refractivity contribution in [3.63, 3.8) is 0 Å². The van der Waals surface area contributed by atoms with Gasteiger partial charge in [-0.1, -0.05) is 92.9 Å². The van der Waals surface area contributed by atoms with Crippen molar-refractivity contribution in [1.82, 2.24) is 0 Å². The first kappa shape index (κ1) is 18.4. The molecule has 0 saturated carbocycles. The summed E-state index contributed by atoms with van der Waals surface area (Å²) in [6.07, 6.45) is 11.5. The Morgan fingerprint density at radius 2 is 1.00 bits per heavy atom. The molecule has 0 radical (unpaired) electrons. The highest BCUT2D eigenvalue weighted by atomic mass is 14.0. The summed E-state index contributed by atoms with van der Waals surface area (Å²) in [6.45, 7) is 13.4. The summed E-state index contributed by atoms with van der Waals surface area (Å²) in [7, 11) is 0. The second-order valence-electron chi connectivity index (χ2n) is 6.04. The number of hydrogen-bond donors (Lipinski definition) is 0. The van der Waals surface area contributed by atoms with Crippen LogP contribution in [0.5, 0.6) is 0 Å². The molecule has 0 heteroatoms. The summed E-state index contributed by atoms with van der Waals surface area (Å²) in [5, 5.41) is 0. The van der Waals surface area contributed by atoms with E-state index in [-0.39, 0.29) is 0 Å². The molecule has 0 rings (SSSR count). The van der Waals surface area contributed by atoms with E-state index in [9.17, 15) is 0 Å². The fourth-order valence-corrected chi connectivity index (χ4v) is 1.51. The minimum atomic E-state index is 0.833. The molecule has 16 heavy (non-hydrogen) atoms. The molecular formula is C16H36. The second kappa shape index (κ2) is 15.0. The maximum absolute atomic E-state index is 2.32. The molecule has 0 N–H and O–H groups in total. The number of hydrogen-bond acceptors (Lipinski definition) is 0. The Morgan fingerprint density at radius 1 is 0.625 bits per heavy atom. The van der Waals surface area contributed by atoms with Crippen LogP contribution in [0.4, 0.5) is 0 Å². The summed E-state index contributed by atoms with van der Waals surface area (Å²) in [4.78, 5) is 0. The van der Waals surface area contributed by atoms with Gasteiger partial charge in [-0.2, -0.15) is 0 Å². The molecule has 0 bridgehead atoms. The third kappa shape index (κ3) is 29.2. The molecule has 0 spiro atoms. The van der Waals surface area contributed by atoms with Crippen molar-refractivity contribution >= 4 is 0 Å². The van der Waals surface area contributed by atoms with Gasteiger partial charge in [-0.25, -0.2) is 0 Å². The molecule has 0 saturated heterocycles. The van der Waals surface area contributed by atoms with E-state index in [1.54, 1.807) is 0 Å². The van der Waals surface area contributed by atoms with Gasteiger partial charge in [0.2, 0.25) is 0 Å². The lowest BCUT2D eigenvalue weighted by Crippen LogP contribution is -1.87. The summed E-state index contributed by atoms with van der Waals surface area (Å²) < 4.78 is 0. The molecule has 100 valence electrons. The normalized spacial score (nSPS) is 10.5. The predicted octanol–water partition coefficient (Wildman–Crippen LogP) is 6.45. The molecule has 0 unspecified atom stereocenters. The van der Waals surface area contributed by atoms with Crippen LogP contribution in [0.2, 0.25) is 0 Å². The zero-order chi connectivity index (χ0) is 12.8. The van der Waals surface area contributed by atoms with Crippen molar-refractivity contribution in [2.45, 2.75) is 92.9 Å². The molecule has 0 amide bonds. The van der Waals surface area contributed by atoms with Crippen LogP contribution >= 0.6 is 0 Å². The van der Waals surface area contributed by atoms with Crippen LogP contribution in [0, 0.1) is 11.8 Å². The summed E-state index contributed by atoms with van der Waals surface area (Å²) >= 11 is 0. The van der Waals surface area contributed by atoms with Gasteiger partial charge >= 0.3 is 0 Å². The molecule has 0 atom stereocenters. The molecule has 0 aliphatic heterocycles. The van der Waals surface area contributed by atoms with Gasteiger partial charge in [0.05, 0.1) is 0 Å². The van der Waals surface area contributed by atoms with Crippen LogP contribution < -0.4 is 0 Å². The largest absolute Gasteiger partial charge is 0.0654 e. The highest BCUT2D eigenvalue weighted by molar-refractivity contribution is 4.48. The van der Waals surface area contributed by atoms with Gasteiger partial charge in [-0.05, 0) is 11.8 Å². The fourth-order valence-electron chi connectivity index (χ4n) is 1.51. The van der Waals surface area contributed by atoms with Gasteiger partial charge in [0.1, 0.15) is 0 Å². The summed E-state index contributed by atoms with van der Waals surface area (Å²) in [6, 6.07) is 0. The van der Waals surface area contributed by atoms with E-state index in [1.165, 1.54) is 51.4 Å². The SMILES string of the molecule is CC(C)C.CCCCCCCCCC(C)C. The first-order valence-electron chi connectivity index (χ1n) is 7.50. The van der Waals surface area contributed by atoms with Crippen LogP contribution in [0.15, 0.2) is 0 Å². The monoisotopic (exact) mass is 228 g/mol. The standard InChI is InChI=1S/C12H26.C4H10/c1-4-5-6-7-8-9-10-11-12(2)3;1-4(2)3/h12H,4-11H2,1-3H3;4H,1-3H3. The van der Waals surface area contributed by atoms with Crippen molar-refractivity contribution in [3.05, 3.63) is 0 Å². The fraction of sp³-hybridized carbons (Fsp3) is 1.00. The van der Waals surface area contributed by atoms with Gasteiger partial charge in [-0.15, -0.1) is 0 Å². The Labute approximate surface area is 105 Å². The Balaban J connectivity index is 0. The maximum Gasteiger partial charge on any atom is -0.0471 e. The summed E-state index contributed by atoms with van der Waals surface area (Å²) in [5.74, 6) is 1.74. The Kier molecular flexibility index (Phi) is 17.2. The minimum Gasteiger partial charge on any atom is -0.0654 e. The average molecular weight is 228 g/mol. The lowest BCUT2D eigenvalue weighted by Gasteiger charge is -2.03. The van der Waals surface area contributed by atoms with E-state index < -0.39 is 0 Å². The quantitative estimate of drug-likeness (QED) is 0.419. The Hall–Kier alpha value is 0. The Morgan fingerprint density at radius 3 is 1.38 bits per heavy atom. The van der Waals surface area contributed by atoms with Crippen LogP contribution in [-0.2, 0) is 0 Å². The van der Waals surface area contributed by atoms with Crippen LogP contribution in [0.1, 0.15) is 92.9 Å². The van der Waals surface area contributed by atoms with Crippen LogP contribution in [0.3, 0.4) is 0 Å². The molecule has 0 nitrogen and oxygen atoms in total. The van der Waals surface area contributed by atoms with E-state index in [0.29, 0.717) is 0 Å². The lowest BCUT2D eigenvalue weighted by atomic mass is 10.0. The van der Waals surface area contributed by atoms with Gasteiger partial charge in [-0.3, -0.25) is 0 Å². The predicted molar refractivity (Wildman–Crippen MR) is 78.0 cm³/mol. The van der Waals surface area contributed by atoms with Crippen LogP contribution in [-0.4, -0.2) is 0 Å². The van der Waals surface area contributed by atoms with E-state index in [0.717, 1.165) is 11.8 Å². The number of rotatable bonds is 8. The highest BCUT2D eigenvalue weighted by Gasteiger charge is 1.93. The molecule has 0 aromatic heterocycles. The Bertz CT molecular complexity index is 99.9. The minimum absolute atomic E-state index is 0.833.